The molecule has 18 heavy (non-hydrogen) atoms. The van der Waals surface area contributed by atoms with E-state index in [1.54, 1.807) is 16.7 Å². The number of rotatable bonds is 5. The van der Waals surface area contributed by atoms with Crippen LogP contribution in [0.3, 0.4) is 0 Å². The van der Waals surface area contributed by atoms with Crippen molar-refractivity contribution in [2.75, 3.05) is 25.1 Å². The lowest BCUT2D eigenvalue weighted by atomic mass is 9.87. The molecule has 0 aliphatic carbocycles. The van der Waals surface area contributed by atoms with E-state index in [0.717, 1.165) is 5.75 Å². The number of nitrogens with zero attached hydrogens (tertiary/aromatic N) is 1. The Morgan fingerprint density at radius 1 is 1.56 bits per heavy atom. The van der Waals surface area contributed by atoms with E-state index in [1.807, 2.05) is 13.2 Å². The van der Waals surface area contributed by atoms with E-state index in [9.17, 15) is 9.59 Å². The van der Waals surface area contributed by atoms with Gasteiger partial charge in [-0.25, -0.2) is 0 Å². The summed E-state index contributed by atoms with van der Waals surface area (Å²) in [5.74, 6) is -0.279. The quantitative estimate of drug-likeness (QED) is 0.768. The summed E-state index contributed by atoms with van der Waals surface area (Å²) in [5.41, 5.74) is 5.85. The largest absolute Gasteiger partial charge is 0.481 e. The highest BCUT2D eigenvalue weighted by Crippen LogP contribution is 2.24. The summed E-state index contributed by atoms with van der Waals surface area (Å²) < 4.78 is 0. The minimum atomic E-state index is -0.763. The Morgan fingerprint density at radius 2 is 2.22 bits per heavy atom. The zero-order valence-electron chi connectivity index (χ0n) is 11.0. The van der Waals surface area contributed by atoms with Crippen LogP contribution >= 0.6 is 11.8 Å². The molecular formula is C12H22N2O3S. The van der Waals surface area contributed by atoms with Crippen LogP contribution in [-0.4, -0.2) is 53.0 Å². The molecule has 0 aromatic carbocycles. The molecular weight excluding hydrogens is 252 g/mol. The number of piperidine rings is 1. The topological polar surface area (TPSA) is 83.6 Å². The Labute approximate surface area is 112 Å². The molecule has 1 aliphatic heterocycles. The maximum Gasteiger partial charge on any atom is 0.306 e. The van der Waals surface area contributed by atoms with E-state index >= 15 is 0 Å². The summed E-state index contributed by atoms with van der Waals surface area (Å²) in [6, 6.07) is -0.453. The smallest absolute Gasteiger partial charge is 0.306 e. The van der Waals surface area contributed by atoms with Crippen molar-refractivity contribution in [1.82, 2.24) is 4.90 Å². The van der Waals surface area contributed by atoms with Crippen LogP contribution in [0.25, 0.3) is 0 Å². The second kappa shape index (κ2) is 6.99. The van der Waals surface area contributed by atoms with Crippen molar-refractivity contribution in [3.8, 4) is 0 Å². The lowest BCUT2D eigenvalue weighted by Crippen LogP contribution is -2.50. The zero-order chi connectivity index (χ0) is 13.7. The monoisotopic (exact) mass is 274 g/mol. The summed E-state index contributed by atoms with van der Waals surface area (Å²) in [7, 11) is 0. The van der Waals surface area contributed by atoms with Crippen molar-refractivity contribution in [2.24, 2.45) is 17.6 Å². The summed E-state index contributed by atoms with van der Waals surface area (Å²) in [5, 5.41) is 9.03. The lowest BCUT2D eigenvalue weighted by molar-refractivity contribution is -0.148. The summed E-state index contributed by atoms with van der Waals surface area (Å²) in [6.07, 6.45) is 3.18. The van der Waals surface area contributed by atoms with Gasteiger partial charge in [-0.2, -0.15) is 11.8 Å². The fraction of sp³-hybridized carbons (Fsp3) is 0.833. The third-order valence-electron chi connectivity index (χ3n) is 3.48. The molecule has 0 aromatic rings. The fourth-order valence-electron chi connectivity index (χ4n) is 2.32. The first-order valence-electron chi connectivity index (χ1n) is 6.23. The molecule has 0 radical (unpaired) electrons. The van der Waals surface area contributed by atoms with Gasteiger partial charge in [0.2, 0.25) is 5.91 Å². The number of likely N-dealkylation sites (tertiary alicyclic amines) is 1. The SMILES string of the molecule is CSCC[C@@H](N)C(=O)N1CCC(C(=O)O)C(C)C1. The minimum Gasteiger partial charge on any atom is -0.481 e. The predicted molar refractivity (Wildman–Crippen MR) is 72.5 cm³/mol. The van der Waals surface area contributed by atoms with E-state index in [0.29, 0.717) is 25.9 Å². The molecule has 1 fully saturated rings. The standard InChI is InChI=1S/C12H22N2O3S/c1-8-7-14(5-3-9(8)12(16)17)11(15)10(13)4-6-18-2/h8-10H,3-7,13H2,1-2H3,(H,16,17)/t8?,9?,10-/m1/s1. The Bertz CT molecular complexity index is 312. The first kappa shape index (κ1) is 15.3. The lowest BCUT2D eigenvalue weighted by Gasteiger charge is -2.36. The van der Waals surface area contributed by atoms with Gasteiger partial charge in [0.05, 0.1) is 12.0 Å². The highest BCUT2D eigenvalue weighted by atomic mass is 32.2. The number of carboxylic acids is 1. The van der Waals surface area contributed by atoms with Gasteiger partial charge in [-0.05, 0) is 30.8 Å². The van der Waals surface area contributed by atoms with Gasteiger partial charge in [0, 0.05) is 13.1 Å². The molecule has 0 saturated carbocycles. The van der Waals surface area contributed by atoms with E-state index in [1.165, 1.54) is 0 Å². The van der Waals surface area contributed by atoms with Gasteiger partial charge in [0.1, 0.15) is 0 Å². The van der Waals surface area contributed by atoms with Gasteiger partial charge >= 0.3 is 5.97 Å². The van der Waals surface area contributed by atoms with Gasteiger partial charge in [0.25, 0.3) is 0 Å². The number of carbonyl (C=O) groups is 2. The Balaban J connectivity index is 2.50. The summed E-state index contributed by atoms with van der Waals surface area (Å²) in [6.45, 7) is 2.89. The Hall–Kier alpha value is -0.750. The molecule has 0 spiro atoms. The number of aliphatic carboxylic acids is 1. The molecule has 1 amide bonds. The number of hydrogen-bond acceptors (Lipinski definition) is 4. The van der Waals surface area contributed by atoms with Crippen LogP contribution in [0.4, 0.5) is 0 Å². The van der Waals surface area contributed by atoms with E-state index in [-0.39, 0.29) is 17.7 Å². The normalized spacial score (nSPS) is 25.8. The molecule has 2 unspecified atom stereocenters. The third kappa shape index (κ3) is 3.88. The maximum absolute atomic E-state index is 12.1. The summed E-state index contributed by atoms with van der Waals surface area (Å²) >= 11 is 1.67. The second-order valence-corrected chi connectivity index (χ2v) is 5.87. The minimum absolute atomic E-state index is 0.00653. The molecule has 1 rings (SSSR count). The number of hydrogen-bond donors (Lipinski definition) is 2. The fourth-order valence-corrected chi connectivity index (χ4v) is 2.81. The molecule has 1 aliphatic rings. The number of carboxylic acid groups (broad SMARTS) is 1. The van der Waals surface area contributed by atoms with Gasteiger partial charge < -0.3 is 15.7 Å². The molecule has 3 atom stereocenters. The highest BCUT2D eigenvalue weighted by Gasteiger charge is 2.34. The molecule has 104 valence electrons. The third-order valence-corrected chi connectivity index (χ3v) is 4.13. The Morgan fingerprint density at radius 3 is 2.72 bits per heavy atom. The molecule has 1 heterocycles. The van der Waals surface area contributed by atoms with Gasteiger partial charge in [-0.1, -0.05) is 6.92 Å². The van der Waals surface area contributed by atoms with Crippen LogP contribution < -0.4 is 5.73 Å². The van der Waals surface area contributed by atoms with Crippen LogP contribution in [0.15, 0.2) is 0 Å². The number of carbonyl (C=O) groups excluding carboxylic acids is 1. The molecule has 0 aromatic heterocycles. The van der Waals surface area contributed by atoms with Crippen molar-refractivity contribution < 1.29 is 14.7 Å². The number of amides is 1. The van der Waals surface area contributed by atoms with Crippen molar-refractivity contribution in [2.45, 2.75) is 25.8 Å². The van der Waals surface area contributed by atoms with Crippen LogP contribution in [0.1, 0.15) is 19.8 Å². The average Bonchev–Trinajstić information content (AvgIpc) is 2.34. The highest BCUT2D eigenvalue weighted by molar-refractivity contribution is 7.98. The van der Waals surface area contributed by atoms with E-state index in [2.05, 4.69) is 0 Å². The van der Waals surface area contributed by atoms with Crippen LogP contribution in [0.2, 0.25) is 0 Å². The average molecular weight is 274 g/mol. The number of thioether (sulfide) groups is 1. The Kier molecular flexibility index (Phi) is 5.95. The second-order valence-electron chi connectivity index (χ2n) is 4.88. The molecule has 6 heteroatoms. The molecule has 0 bridgehead atoms. The van der Waals surface area contributed by atoms with Crippen LogP contribution in [0, 0.1) is 11.8 Å². The van der Waals surface area contributed by atoms with Gasteiger partial charge in [0.15, 0.2) is 0 Å². The maximum atomic E-state index is 12.1. The van der Waals surface area contributed by atoms with Crippen molar-refractivity contribution in [3.63, 3.8) is 0 Å². The van der Waals surface area contributed by atoms with Gasteiger partial charge in [-0.3, -0.25) is 9.59 Å². The number of nitrogens with two attached hydrogens (primary N) is 1. The molecule has 5 nitrogen and oxygen atoms in total. The zero-order valence-corrected chi connectivity index (χ0v) is 11.8. The summed E-state index contributed by atoms with van der Waals surface area (Å²) in [4.78, 5) is 24.8. The van der Waals surface area contributed by atoms with Crippen molar-refractivity contribution >= 4 is 23.6 Å². The van der Waals surface area contributed by atoms with Crippen LogP contribution in [-0.2, 0) is 9.59 Å². The van der Waals surface area contributed by atoms with E-state index in [4.69, 9.17) is 10.8 Å². The molecule has 3 N–H and O–H groups in total. The van der Waals surface area contributed by atoms with E-state index < -0.39 is 12.0 Å². The first-order valence-corrected chi connectivity index (χ1v) is 7.62. The molecule has 1 saturated heterocycles. The first-order chi connectivity index (χ1) is 8.47. The van der Waals surface area contributed by atoms with Crippen molar-refractivity contribution in [3.05, 3.63) is 0 Å². The van der Waals surface area contributed by atoms with Crippen LogP contribution in [0.5, 0.6) is 0 Å². The van der Waals surface area contributed by atoms with Gasteiger partial charge in [-0.15, -0.1) is 0 Å². The van der Waals surface area contributed by atoms with Crippen molar-refractivity contribution in [1.29, 1.82) is 0 Å². The predicted octanol–water partition coefficient (Wildman–Crippen LogP) is 0.636.